The van der Waals surface area contributed by atoms with Gasteiger partial charge in [-0.1, -0.05) is 41.4 Å². The molecule has 140 valence electrons. The van der Waals surface area contributed by atoms with Crippen LogP contribution < -0.4 is 9.62 Å². The van der Waals surface area contributed by atoms with Crippen molar-refractivity contribution in [3.05, 3.63) is 64.7 Å². The summed E-state index contributed by atoms with van der Waals surface area (Å²) in [4.78, 5) is 12.1. The number of hydrogen-bond acceptors (Lipinski definition) is 3. The summed E-state index contributed by atoms with van der Waals surface area (Å²) in [7, 11) is -3.46. The van der Waals surface area contributed by atoms with E-state index in [9.17, 15) is 13.2 Å². The highest BCUT2D eigenvalue weighted by atomic mass is 35.5. The Morgan fingerprint density at radius 2 is 1.85 bits per heavy atom. The molecule has 0 aliphatic heterocycles. The number of amides is 1. The summed E-state index contributed by atoms with van der Waals surface area (Å²) in [6.45, 7) is 2.51. The quantitative estimate of drug-likeness (QED) is 0.747. The predicted molar refractivity (Wildman–Crippen MR) is 106 cm³/mol. The van der Waals surface area contributed by atoms with Gasteiger partial charge in [0.15, 0.2) is 0 Å². The molecule has 0 saturated carbocycles. The van der Waals surface area contributed by atoms with Gasteiger partial charge in [0.1, 0.15) is 0 Å². The molecule has 2 aromatic rings. The summed E-state index contributed by atoms with van der Waals surface area (Å²) in [6.07, 6.45) is 1.90. The van der Waals surface area contributed by atoms with Gasteiger partial charge >= 0.3 is 0 Å². The molecule has 2 rings (SSSR count). The van der Waals surface area contributed by atoms with E-state index in [1.165, 1.54) is 4.31 Å². The summed E-state index contributed by atoms with van der Waals surface area (Å²) >= 11 is 5.93. The highest BCUT2D eigenvalue weighted by Gasteiger charge is 2.18. The average Bonchev–Trinajstić information content (AvgIpc) is 2.55. The zero-order valence-electron chi connectivity index (χ0n) is 14.9. The van der Waals surface area contributed by atoms with E-state index in [1.54, 1.807) is 18.2 Å². The van der Waals surface area contributed by atoms with Crippen LogP contribution in [0.1, 0.15) is 17.5 Å². The largest absolute Gasteiger partial charge is 0.356 e. The van der Waals surface area contributed by atoms with Crippen molar-refractivity contribution >= 4 is 33.2 Å². The van der Waals surface area contributed by atoms with Gasteiger partial charge in [-0.25, -0.2) is 8.42 Å². The molecular weight excluding hydrogens is 372 g/mol. The maximum Gasteiger partial charge on any atom is 0.232 e. The van der Waals surface area contributed by atoms with E-state index in [2.05, 4.69) is 5.32 Å². The first-order chi connectivity index (χ1) is 12.3. The third kappa shape index (κ3) is 6.35. The van der Waals surface area contributed by atoms with Crippen LogP contribution in [0.3, 0.4) is 0 Å². The van der Waals surface area contributed by atoms with E-state index in [0.717, 1.165) is 17.4 Å². The Kier molecular flexibility index (Phi) is 7.06. The van der Waals surface area contributed by atoms with E-state index in [4.69, 9.17) is 11.6 Å². The topological polar surface area (TPSA) is 66.5 Å². The number of hydrogen-bond donors (Lipinski definition) is 1. The number of sulfonamides is 1. The zero-order chi connectivity index (χ0) is 19.2. The van der Waals surface area contributed by atoms with Gasteiger partial charge in [0.2, 0.25) is 15.9 Å². The lowest BCUT2D eigenvalue weighted by molar-refractivity contribution is -0.120. The second kappa shape index (κ2) is 9.05. The molecule has 0 spiro atoms. The third-order valence-corrected chi connectivity index (χ3v) is 5.32. The standard InChI is InChI=1S/C19H23ClN2O3S/c1-15-6-8-18(9-7-15)22(26(2,24)25)13-11-19(23)21-12-10-16-4-3-5-17(20)14-16/h3-9,14H,10-13H2,1-2H3,(H,21,23). The molecule has 0 fully saturated rings. The SMILES string of the molecule is Cc1ccc(N(CCC(=O)NCCc2cccc(Cl)c2)S(C)(=O)=O)cc1. The lowest BCUT2D eigenvalue weighted by Crippen LogP contribution is -2.35. The summed E-state index contributed by atoms with van der Waals surface area (Å²) in [5.74, 6) is -0.187. The van der Waals surface area contributed by atoms with Crippen LogP contribution in [0.25, 0.3) is 0 Å². The first-order valence-corrected chi connectivity index (χ1v) is 10.5. The number of halogens is 1. The van der Waals surface area contributed by atoms with Crippen LogP contribution >= 0.6 is 11.6 Å². The molecule has 0 aliphatic rings. The van der Waals surface area contributed by atoms with E-state index >= 15 is 0 Å². The highest BCUT2D eigenvalue weighted by molar-refractivity contribution is 7.92. The predicted octanol–water partition coefficient (Wildman–Crippen LogP) is 3.16. The van der Waals surface area contributed by atoms with Crippen molar-refractivity contribution in [2.45, 2.75) is 19.8 Å². The molecule has 0 aromatic heterocycles. The van der Waals surface area contributed by atoms with Crippen molar-refractivity contribution in [3.63, 3.8) is 0 Å². The first-order valence-electron chi connectivity index (χ1n) is 8.31. The second-order valence-corrected chi connectivity index (χ2v) is 8.49. The Morgan fingerprint density at radius 3 is 2.46 bits per heavy atom. The zero-order valence-corrected chi connectivity index (χ0v) is 16.5. The van der Waals surface area contributed by atoms with E-state index in [-0.39, 0.29) is 18.9 Å². The van der Waals surface area contributed by atoms with Gasteiger partial charge in [-0.05, 0) is 43.2 Å². The first kappa shape index (κ1) is 20.3. The summed E-state index contributed by atoms with van der Waals surface area (Å²) < 4.78 is 25.3. The Bertz CT molecular complexity index is 851. The number of anilines is 1. The fourth-order valence-electron chi connectivity index (χ4n) is 2.53. The number of rotatable bonds is 8. The number of carbonyl (C=O) groups is 1. The minimum atomic E-state index is -3.46. The van der Waals surface area contributed by atoms with Crippen molar-refractivity contribution in [1.29, 1.82) is 0 Å². The van der Waals surface area contributed by atoms with E-state index < -0.39 is 10.0 Å². The molecule has 0 aliphatic carbocycles. The Balaban J connectivity index is 1.87. The number of nitrogens with zero attached hydrogens (tertiary/aromatic N) is 1. The van der Waals surface area contributed by atoms with Gasteiger partial charge in [-0.3, -0.25) is 9.10 Å². The molecule has 1 N–H and O–H groups in total. The normalized spacial score (nSPS) is 11.2. The van der Waals surface area contributed by atoms with Gasteiger partial charge in [0.25, 0.3) is 0 Å². The minimum Gasteiger partial charge on any atom is -0.356 e. The second-order valence-electron chi connectivity index (χ2n) is 6.15. The minimum absolute atomic E-state index is 0.0937. The molecule has 0 radical (unpaired) electrons. The van der Waals surface area contributed by atoms with E-state index in [0.29, 0.717) is 23.7 Å². The molecule has 7 heteroatoms. The summed E-state index contributed by atoms with van der Waals surface area (Å²) in [5, 5.41) is 3.48. The van der Waals surface area contributed by atoms with Crippen molar-refractivity contribution in [3.8, 4) is 0 Å². The number of carbonyl (C=O) groups excluding carboxylic acids is 1. The van der Waals surface area contributed by atoms with Crippen molar-refractivity contribution < 1.29 is 13.2 Å². The molecular formula is C19H23ClN2O3S. The molecule has 0 bridgehead atoms. The third-order valence-electron chi connectivity index (χ3n) is 3.89. The fraction of sp³-hybridized carbons (Fsp3) is 0.316. The van der Waals surface area contributed by atoms with Crippen LogP contribution in [-0.4, -0.2) is 33.7 Å². The van der Waals surface area contributed by atoms with Crippen molar-refractivity contribution in [2.75, 3.05) is 23.7 Å². The lowest BCUT2D eigenvalue weighted by Gasteiger charge is -2.22. The smallest absolute Gasteiger partial charge is 0.232 e. The van der Waals surface area contributed by atoms with Crippen LogP contribution in [0.5, 0.6) is 0 Å². The molecule has 0 heterocycles. The van der Waals surface area contributed by atoms with Gasteiger partial charge in [-0.2, -0.15) is 0 Å². The number of benzene rings is 2. The monoisotopic (exact) mass is 394 g/mol. The molecule has 26 heavy (non-hydrogen) atoms. The molecule has 0 atom stereocenters. The van der Waals surface area contributed by atoms with Gasteiger partial charge in [-0.15, -0.1) is 0 Å². The van der Waals surface area contributed by atoms with E-state index in [1.807, 2.05) is 37.3 Å². The molecule has 5 nitrogen and oxygen atoms in total. The van der Waals surface area contributed by atoms with Gasteiger partial charge < -0.3 is 5.32 Å². The molecule has 1 amide bonds. The summed E-state index contributed by atoms with van der Waals surface area (Å²) in [5.41, 5.74) is 2.64. The lowest BCUT2D eigenvalue weighted by atomic mass is 10.1. The highest BCUT2D eigenvalue weighted by Crippen LogP contribution is 2.18. The average molecular weight is 395 g/mol. The van der Waals surface area contributed by atoms with Crippen LogP contribution in [0.15, 0.2) is 48.5 Å². The number of nitrogens with one attached hydrogen (secondary N) is 1. The Morgan fingerprint density at radius 1 is 1.15 bits per heavy atom. The van der Waals surface area contributed by atoms with Crippen molar-refractivity contribution in [1.82, 2.24) is 5.32 Å². The Labute approximate surface area is 160 Å². The van der Waals surface area contributed by atoms with Crippen LogP contribution in [0.2, 0.25) is 5.02 Å². The molecule has 0 unspecified atom stereocenters. The fourth-order valence-corrected chi connectivity index (χ4v) is 3.67. The molecule has 0 saturated heterocycles. The maximum absolute atomic E-state index is 12.1. The maximum atomic E-state index is 12.1. The van der Waals surface area contributed by atoms with Gasteiger partial charge in [0.05, 0.1) is 11.9 Å². The summed E-state index contributed by atoms with van der Waals surface area (Å²) in [6, 6.07) is 14.6. The molecule has 2 aromatic carbocycles. The van der Waals surface area contributed by atoms with Crippen LogP contribution in [-0.2, 0) is 21.2 Å². The van der Waals surface area contributed by atoms with Crippen LogP contribution in [0, 0.1) is 6.92 Å². The van der Waals surface area contributed by atoms with Crippen LogP contribution in [0.4, 0.5) is 5.69 Å². The van der Waals surface area contributed by atoms with Gasteiger partial charge in [0, 0.05) is 24.5 Å². The number of aryl methyl sites for hydroxylation is 1. The Hall–Kier alpha value is -2.05. The van der Waals surface area contributed by atoms with Crippen molar-refractivity contribution in [2.24, 2.45) is 0 Å².